The van der Waals surface area contributed by atoms with Crippen molar-refractivity contribution >= 4 is 10.8 Å². The standard InChI is InChI=1S/C14H30N2OS/c1-6-8-15-14-7-9-16(13(4)12(14)3)11(2)10-18(5)17/h11-15H,6-10H2,1-5H3. The Morgan fingerprint density at radius 1 is 1.44 bits per heavy atom. The molecule has 0 radical (unpaired) electrons. The van der Waals surface area contributed by atoms with Crippen LogP contribution in [-0.2, 0) is 10.8 Å². The molecule has 108 valence electrons. The highest BCUT2D eigenvalue weighted by Crippen LogP contribution is 2.25. The zero-order valence-corrected chi connectivity index (χ0v) is 13.4. The molecule has 1 rings (SSSR count). The zero-order chi connectivity index (χ0) is 13.7. The molecular formula is C14H30N2OS. The monoisotopic (exact) mass is 274 g/mol. The van der Waals surface area contributed by atoms with Crippen LogP contribution in [0.3, 0.4) is 0 Å². The van der Waals surface area contributed by atoms with Gasteiger partial charge < -0.3 is 5.32 Å². The summed E-state index contributed by atoms with van der Waals surface area (Å²) in [7, 11) is -0.694. The van der Waals surface area contributed by atoms with E-state index in [1.54, 1.807) is 6.26 Å². The van der Waals surface area contributed by atoms with Crippen LogP contribution in [0.4, 0.5) is 0 Å². The van der Waals surface area contributed by atoms with Crippen LogP contribution in [0.25, 0.3) is 0 Å². The smallest absolute Gasteiger partial charge is 0.0385 e. The molecule has 18 heavy (non-hydrogen) atoms. The minimum atomic E-state index is -0.694. The Kier molecular flexibility index (Phi) is 6.82. The van der Waals surface area contributed by atoms with Gasteiger partial charge in [0.05, 0.1) is 0 Å². The second kappa shape index (κ2) is 7.61. The van der Waals surface area contributed by atoms with Crippen molar-refractivity contribution in [1.29, 1.82) is 0 Å². The van der Waals surface area contributed by atoms with Gasteiger partial charge in [0, 0.05) is 47.5 Å². The second-order valence-electron chi connectivity index (χ2n) is 5.78. The van der Waals surface area contributed by atoms with Crippen LogP contribution in [0.1, 0.15) is 40.5 Å². The van der Waals surface area contributed by atoms with Gasteiger partial charge in [-0.15, -0.1) is 0 Å². The Morgan fingerprint density at radius 3 is 2.67 bits per heavy atom. The van der Waals surface area contributed by atoms with Crippen molar-refractivity contribution in [3.05, 3.63) is 0 Å². The van der Waals surface area contributed by atoms with Crippen molar-refractivity contribution in [3.63, 3.8) is 0 Å². The number of hydrogen-bond donors (Lipinski definition) is 1. The van der Waals surface area contributed by atoms with Gasteiger partial charge in [0.25, 0.3) is 0 Å². The Bertz CT molecular complexity index is 273. The summed E-state index contributed by atoms with van der Waals surface area (Å²) < 4.78 is 11.4. The summed E-state index contributed by atoms with van der Waals surface area (Å²) in [6.07, 6.45) is 4.22. The summed E-state index contributed by atoms with van der Waals surface area (Å²) in [5.74, 6) is 1.46. The van der Waals surface area contributed by atoms with Gasteiger partial charge in [-0.2, -0.15) is 0 Å². The minimum Gasteiger partial charge on any atom is -0.314 e. The van der Waals surface area contributed by atoms with E-state index in [1.165, 1.54) is 12.8 Å². The van der Waals surface area contributed by atoms with Gasteiger partial charge in [0.2, 0.25) is 0 Å². The molecule has 4 heteroatoms. The largest absolute Gasteiger partial charge is 0.314 e. The van der Waals surface area contributed by atoms with E-state index < -0.39 is 10.8 Å². The third kappa shape index (κ3) is 4.32. The maximum atomic E-state index is 11.4. The number of nitrogens with zero attached hydrogens (tertiary/aromatic N) is 1. The molecule has 0 amide bonds. The first kappa shape index (κ1) is 16.1. The Morgan fingerprint density at radius 2 is 2.11 bits per heavy atom. The van der Waals surface area contributed by atoms with E-state index in [2.05, 4.69) is 37.9 Å². The van der Waals surface area contributed by atoms with Gasteiger partial charge in [-0.05, 0) is 39.2 Å². The molecule has 0 aliphatic carbocycles. The summed E-state index contributed by atoms with van der Waals surface area (Å²) in [6.45, 7) is 11.3. The minimum absolute atomic E-state index is 0.431. The SMILES string of the molecule is CCCNC1CCN(C(C)CS(C)=O)C(C)C1C. The molecule has 5 unspecified atom stereocenters. The highest BCUT2D eigenvalue weighted by Gasteiger charge is 2.34. The summed E-state index contributed by atoms with van der Waals surface area (Å²) >= 11 is 0. The molecule has 1 aliphatic rings. The summed E-state index contributed by atoms with van der Waals surface area (Å²) in [5, 5.41) is 3.67. The molecule has 0 spiro atoms. The van der Waals surface area contributed by atoms with E-state index >= 15 is 0 Å². The third-order valence-electron chi connectivity index (χ3n) is 4.32. The van der Waals surface area contributed by atoms with Gasteiger partial charge in [0.1, 0.15) is 0 Å². The number of likely N-dealkylation sites (tertiary alicyclic amines) is 1. The van der Waals surface area contributed by atoms with Gasteiger partial charge in [-0.1, -0.05) is 13.8 Å². The fraction of sp³-hybridized carbons (Fsp3) is 1.00. The third-order valence-corrected chi connectivity index (χ3v) is 5.27. The first-order valence-electron chi connectivity index (χ1n) is 7.26. The van der Waals surface area contributed by atoms with Crippen LogP contribution < -0.4 is 5.32 Å². The average Bonchev–Trinajstić information content (AvgIpc) is 2.30. The van der Waals surface area contributed by atoms with E-state index in [-0.39, 0.29) is 0 Å². The summed E-state index contributed by atoms with van der Waals surface area (Å²) in [5.41, 5.74) is 0. The number of hydrogen-bond acceptors (Lipinski definition) is 3. The van der Waals surface area contributed by atoms with Crippen molar-refractivity contribution in [1.82, 2.24) is 10.2 Å². The molecule has 0 saturated carbocycles. The average molecular weight is 274 g/mol. The molecule has 3 nitrogen and oxygen atoms in total. The number of rotatable bonds is 6. The predicted molar refractivity (Wildman–Crippen MR) is 80.4 cm³/mol. The lowest BCUT2D eigenvalue weighted by Gasteiger charge is -2.45. The van der Waals surface area contributed by atoms with Crippen molar-refractivity contribution in [2.45, 2.75) is 58.7 Å². The Hall–Kier alpha value is 0.0700. The normalized spacial score (nSPS) is 33.3. The Labute approximate surface area is 115 Å². The van der Waals surface area contributed by atoms with Gasteiger partial charge in [0.15, 0.2) is 0 Å². The summed E-state index contributed by atoms with van der Waals surface area (Å²) in [4.78, 5) is 2.54. The molecular weight excluding hydrogens is 244 g/mol. The fourth-order valence-electron chi connectivity index (χ4n) is 3.07. The first-order chi connectivity index (χ1) is 8.47. The quantitative estimate of drug-likeness (QED) is 0.802. The van der Waals surface area contributed by atoms with Crippen LogP contribution in [-0.4, -0.2) is 52.3 Å². The lowest BCUT2D eigenvalue weighted by molar-refractivity contribution is 0.0605. The highest BCUT2D eigenvalue weighted by atomic mass is 32.2. The molecule has 0 aromatic carbocycles. The maximum Gasteiger partial charge on any atom is 0.0385 e. The van der Waals surface area contributed by atoms with E-state index in [9.17, 15) is 4.21 Å². The molecule has 1 aliphatic heterocycles. The van der Waals surface area contributed by atoms with Gasteiger partial charge in [-0.25, -0.2) is 0 Å². The van der Waals surface area contributed by atoms with E-state index in [0.29, 0.717) is 24.0 Å². The van der Waals surface area contributed by atoms with Crippen LogP contribution in [0.2, 0.25) is 0 Å². The molecule has 1 saturated heterocycles. The number of piperidine rings is 1. The molecule has 5 atom stereocenters. The molecule has 1 heterocycles. The van der Waals surface area contributed by atoms with E-state index in [0.717, 1.165) is 18.8 Å². The van der Waals surface area contributed by atoms with Crippen LogP contribution in [0, 0.1) is 5.92 Å². The Balaban J connectivity index is 2.54. The molecule has 1 N–H and O–H groups in total. The first-order valence-corrected chi connectivity index (χ1v) is 8.99. The van der Waals surface area contributed by atoms with E-state index in [4.69, 9.17) is 0 Å². The topological polar surface area (TPSA) is 32.3 Å². The van der Waals surface area contributed by atoms with Gasteiger partial charge in [-0.3, -0.25) is 9.11 Å². The second-order valence-corrected chi connectivity index (χ2v) is 7.26. The van der Waals surface area contributed by atoms with Crippen molar-refractivity contribution in [2.75, 3.05) is 25.1 Å². The maximum absolute atomic E-state index is 11.4. The molecule has 0 aromatic rings. The number of nitrogens with one attached hydrogen (secondary N) is 1. The zero-order valence-electron chi connectivity index (χ0n) is 12.6. The van der Waals surface area contributed by atoms with Crippen molar-refractivity contribution in [2.24, 2.45) is 5.92 Å². The predicted octanol–water partition coefficient (Wildman–Crippen LogP) is 1.85. The molecule has 0 bridgehead atoms. The highest BCUT2D eigenvalue weighted by molar-refractivity contribution is 7.84. The van der Waals surface area contributed by atoms with Crippen molar-refractivity contribution < 1.29 is 4.21 Å². The van der Waals surface area contributed by atoms with Crippen molar-refractivity contribution in [3.8, 4) is 0 Å². The van der Waals surface area contributed by atoms with Gasteiger partial charge >= 0.3 is 0 Å². The van der Waals surface area contributed by atoms with Crippen LogP contribution in [0.15, 0.2) is 0 Å². The van der Waals surface area contributed by atoms with E-state index in [1.807, 2.05) is 0 Å². The molecule has 0 aromatic heterocycles. The lowest BCUT2D eigenvalue weighted by Crippen LogP contribution is -2.56. The lowest BCUT2D eigenvalue weighted by atomic mass is 9.86. The van der Waals surface area contributed by atoms with Crippen LogP contribution >= 0.6 is 0 Å². The van der Waals surface area contributed by atoms with Crippen LogP contribution in [0.5, 0.6) is 0 Å². The summed E-state index contributed by atoms with van der Waals surface area (Å²) in [6, 6.07) is 1.66. The molecule has 1 fully saturated rings. The fourth-order valence-corrected chi connectivity index (χ4v) is 3.94.